The van der Waals surface area contributed by atoms with Crippen LogP contribution in [-0.2, 0) is 16.0 Å². The topological polar surface area (TPSA) is 94.3 Å². The predicted octanol–water partition coefficient (Wildman–Crippen LogP) is 1.50. The number of thiazole rings is 1. The minimum Gasteiger partial charge on any atom is -0.464 e. The van der Waals surface area contributed by atoms with Crippen LogP contribution in [-0.4, -0.2) is 30.0 Å². The molecule has 2 aromatic heterocycles. The van der Waals surface area contributed by atoms with Crippen LogP contribution >= 0.6 is 22.7 Å². The number of methoxy groups -OCH3 is 1. The minimum atomic E-state index is -0.654. The molecule has 20 heavy (non-hydrogen) atoms. The summed E-state index contributed by atoms with van der Waals surface area (Å²) in [5, 5.41) is 6.38. The van der Waals surface area contributed by atoms with Gasteiger partial charge in [0, 0.05) is 16.7 Å². The summed E-state index contributed by atoms with van der Waals surface area (Å²) in [5.41, 5.74) is 6.00. The van der Waals surface area contributed by atoms with E-state index in [1.165, 1.54) is 12.5 Å². The molecule has 0 aliphatic heterocycles. The number of nitrogens with one attached hydrogen (secondary N) is 1. The third kappa shape index (κ3) is 3.62. The number of thiophene rings is 1. The Hall–Kier alpha value is -1.77. The second-order valence-electron chi connectivity index (χ2n) is 3.91. The maximum absolute atomic E-state index is 11.9. The molecule has 0 spiro atoms. The average Bonchev–Trinajstić information content (AvgIpc) is 3.09. The van der Waals surface area contributed by atoms with E-state index < -0.39 is 12.0 Å². The first-order chi connectivity index (χ1) is 9.60. The first-order valence-electron chi connectivity index (χ1n) is 5.73. The molecule has 1 atom stereocenters. The summed E-state index contributed by atoms with van der Waals surface area (Å²) in [4.78, 5) is 28.2. The van der Waals surface area contributed by atoms with Crippen LogP contribution in [0.15, 0.2) is 22.9 Å². The molecular weight excluding hydrogens is 298 g/mol. The van der Waals surface area contributed by atoms with Gasteiger partial charge in [-0.1, -0.05) is 6.07 Å². The zero-order valence-corrected chi connectivity index (χ0v) is 12.3. The standard InChI is InChI=1S/C12H13N3O3S2/c1-18-11(17)9-6-20-12(14-9)15-10(16)8(13)5-7-3-2-4-19-7/h2-4,6,8H,5,13H2,1H3,(H,14,15,16)/t8-/m0/s1. The Morgan fingerprint density at radius 1 is 1.50 bits per heavy atom. The van der Waals surface area contributed by atoms with Crippen molar-refractivity contribution in [3.8, 4) is 0 Å². The number of ether oxygens (including phenoxy) is 1. The molecule has 3 N–H and O–H groups in total. The summed E-state index contributed by atoms with van der Waals surface area (Å²) in [5.74, 6) is -0.867. The second-order valence-corrected chi connectivity index (χ2v) is 5.80. The number of aromatic nitrogens is 1. The second kappa shape index (κ2) is 6.60. The Balaban J connectivity index is 1.93. The quantitative estimate of drug-likeness (QED) is 0.816. The minimum absolute atomic E-state index is 0.166. The van der Waals surface area contributed by atoms with Crippen LogP contribution < -0.4 is 11.1 Å². The Morgan fingerprint density at radius 2 is 2.30 bits per heavy atom. The number of hydrogen-bond acceptors (Lipinski definition) is 7. The summed E-state index contributed by atoms with van der Waals surface area (Å²) in [6.45, 7) is 0. The molecule has 0 fully saturated rings. The lowest BCUT2D eigenvalue weighted by Crippen LogP contribution is -2.37. The van der Waals surface area contributed by atoms with Crippen molar-refractivity contribution in [1.29, 1.82) is 0 Å². The number of amides is 1. The van der Waals surface area contributed by atoms with Gasteiger partial charge < -0.3 is 15.8 Å². The normalized spacial score (nSPS) is 11.9. The van der Waals surface area contributed by atoms with Gasteiger partial charge in [-0.25, -0.2) is 9.78 Å². The molecule has 1 amide bonds. The molecule has 0 bridgehead atoms. The SMILES string of the molecule is COC(=O)c1csc(NC(=O)[C@@H](N)Cc2cccs2)n1. The molecule has 6 nitrogen and oxygen atoms in total. The van der Waals surface area contributed by atoms with Crippen LogP contribution in [0, 0.1) is 0 Å². The summed E-state index contributed by atoms with van der Waals surface area (Å²) >= 11 is 2.70. The molecule has 106 valence electrons. The third-order valence-corrected chi connectivity index (χ3v) is 4.12. The molecule has 0 unspecified atom stereocenters. The number of nitrogens with zero attached hydrogens (tertiary/aromatic N) is 1. The maximum atomic E-state index is 11.9. The molecule has 2 heterocycles. The van der Waals surface area contributed by atoms with E-state index in [4.69, 9.17) is 5.73 Å². The molecule has 8 heteroatoms. The number of rotatable bonds is 5. The number of hydrogen-bond donors (Lipinski definition) is 2. The fourth-order valence-corrected chi connectivity index (χ4v) is 2.91. The first kappa shape index (κ1) is 14.6. The third-order valence-electron chi connectivity index (χ3n) is 2.47. The van der Waals surface area contributed by atoms with Crippen LogP contribution in [0.1, 0.15) is 15.4 Å². The average molecular weight is 311 g/mol. The van der Waals surface area contributed by atoms with E-state index in [1.807, 2.05) is 17.5 Å². The molecule has 0 aliphatic rings. The Morgan fingerprint density at radius 3 is 2.95 bits per heavy atom. The van der Waals surface area contributed by atoms with Crippen LogP contribution in [0.5, 0.6) is 0 Å². The summed E-state index contributed by atoms with van der Waals surface area (Å²) in [6, 6.07) is 3.18. The smallest absolute Gasteiger partial charge is 0.357 e. The maximum Gasteiger partial charge on any atom is 0.357 e. The molecular formula is C12H13N3O3S2. The number of carbonyl (C=O) groups excluding carboxylic acids is 2. The van der Waals surface area contributed by atoms with Gasteiger partial charge in [0.05, 0.1) is 13.2 Å². The van der Waals surface area contributed by atoms with Gasteiger partial charge in [-0.3, -0.25) is 4.79 Å². The van der Waals surface area contributed by atoms with Gasteiger partial charge >= 0.3 is 5.97 Å². The highest BCUT2D eigenvalue weighted by molar-refractivity contribution is 7.14. The van der Waals surface area contributed by atoms with Gasteiger partial charge in [0.1, 0.15) is 0 Å². The van der Waals surface area contributed by atoms with E-state index in [2.05, 4.69) is 15.0 Å². The lowest BCUT2D eigenvalue weighted by molar-refractivity contribution is -0.117. The summed E-state index contributed by atoms with van der Waals surface area (Å²) < 4.78 is 4.54. The molecule has 0 radical (unpaired) electrons. The number of anilines is 1. The number of carbonyl (C=O) groups is 2. The predicted molar refractivity (Wildman–Crippen MR) is 78.1 cm³/mol. The van der Waals surface area contributed by atoms with E-state index in [9.17, 15) is 9.59 Å². The van der Waals surface area contributed by atoms with Gasteiger partial charge in [-0.15, -0.1) is 22.7 Å². The largest absolute Gasteiger partial charge is 0.464 e. The monoisotopic (exact) mass is 311 g/mol. The zero-order chi connectivity index (χ0) is 14.5. The van der Waals surface area contributed by atoms with Gasteiger partial charge in [0.15, 0.2) is 10.8 Å². The molecule has 2 rings (SSSR count). The van der Waals surface area contributed by atoms with Crippen molar-refractivity contribution < 1.29 is 14.3 Å². The molecule has 0 saturated heterocycles. The fraction of sp³-hybridized carbons (Fsp3) is 0.250. The molecule has 0 aromatic carbocycles. The lowest BCUT2D eigenvalue weighted by Gasteiger charge is -2.09. The van der Waals surface area contributed by atoms with Crippen molar-refractivity contribution >= 4 is 39.7 Å². The van der Waals surface area contributed by atoms with E-state index in [1.54, 1.807) is 11.3 Å². The van der Waals surface area contributed by atoms with Gasteiger partial charge in [0.25, 0.3) is 0 Å². The highest BCUT2D eigenvalue weighted by Gasteiger charge is 2.17. The highest BCUT2D eigenvalue weighted by Crippen LogP contribution is 2.17. The Kier molecular flexibility index (Phi) is 4.83. The molecule has 0 saturated carbocycles. The van der Waals surface area contributed by atoms with Crippen LogP contribution in [0.3, 0.4) is 0 Å². The highest BCUT2D eigenvalue weighted by atomic mass is 32.1. The first-order valence-corrected chi connectivity index (χ1v) is 7.48. The van der Waals surface area contributed by atoms with Crippen molar-refractivity contribution in [3.05, 3.63) is 33.5 Å². The van der Waals surface area contributed by atoms with Crippen molar-refractivity contribution in [3.63, 3.8) is 0 Å². The number of nitrogens with two attached hydrogens (primary N) is 1. The summed E-state index contributed by atoms with van der Waals surface area (Å²) in [7, 11) is 1.27. The summed E-state index contributed by atoms with van der Waals surface area (Å²) in [6.07, 6.45) is 0.471. The van der Waals surface area contributed by atoms with Gasteiger partial charge in [-0.2, -0.15) is 0 Å². The lowest BCUT2D eigenvalue weighted by atomic mass is 10.2. The van der Waals surface area contributed by atoms with E-state index >= 15 is 0 Å². The van der Waals surface area contributed by atoms with Crippen molar-refractivity contribution in [1.82, 2.24) is 4.98 Å². The van der Waals surface area contributed by atoms with Crippen molar-refractivity contribution in [2.24, 2.45) is 5.73 Å². The van der Waals surface area contributed by atoms with Crippen LogP contribution in [0.4, 0.5) is 5.13 Å². The molecule has 0 aliphatic carbocycles. The van der Waals surface area contributed by atoms with Crippen LogP contribution in [0.2, 0.25) is 0 Å². The zero-order valence-electron chi connectivity index (χ0n) is 10.7. The van der Waals surface area contributed by atoms with E-state index in [0.29, 0.717) is 11.6 Å². The number of esters is 1. The van der Waals surface area contributed by atoms with E-state index in [-0.39, 0.29) is 11.6 Å². The Bertz CT molecular complexity index is 595. The Labute approximate surface area is 123 Å². The van der Waals surface area contributed by atoms with Gasteiger partial charge in [0.2, 0.25) is 5.91 Å². The van der Waals surface area contributed by atoms with Crippen molar-refractivity contribution in [2.45, 2.75) is 12.5 Å². The fourth-order valence-electron chi connectivity index (χ4n) is 1.47. The van der Waals surface area contributed by atoms with Crippen molar-refractivity contribution in [2.75, 3.05) is 12.4 Å². The van der Waals surface area contributed by atoms with E-state index in [0.717, 1.165) is 16.2 Å². The van der Waals surface area contributed by atoms with Gasteiger partial charge in [-0.05, 0) is 11.4 Å². The molecule has 2 aromatic rings. The van der Waals surface area contributed by atoms with Crippen LogP contribution in [0.25, 0.3) is 0 Å².